The van der Waals surface area contributed by atoms with Crippen molar-refractivity contribution in [2.24, 2.45) is 0 Å². The van der Waals surface area contributed by atoms with Crippen LogP contribution in [0.15, 0.2) is 11.4 Å². The first-order valence-corrected chi connectivity index (χ1v) is 6.39. The Bertz CT molecular complexity index is 388. The third-order valence-electron chi connectivity index (χ3n) is 3.23. The monoisotopic (exact) mass is 236 g/mol. The summed E-state index contributed by atoms with van der Waals surface area (Å²) in [6.07, 6.45) is 3.02. The van der Waals surface area contributed by atoms with Crippen molar-refractivity contribution < 1.29 is 4.74 Å². The maximum Gasteiger partial charge on any atom is 0.100 e. The van der Waals surface area contributed by atoms with Gasteiger partial charge in [-0.2, -0.15) is 5.26 Å². The second-order valence-electron chi connectivity index (χ2n) is 4.23. The van der Waals surface area contributed by atoms with Crippen LogP contribution >= 0.6 is 11.3 Å². The zero-order chi connectivity index (χ0) is 11.4. The summed E-state index contributed by atoms with van der Waals surface area (Å²) >= 11 is 1.66. The van der Waals surface area contributed by atoms with Crippen LogP contribution in [0.1, 0.15) is 23.3 Å². The molecule has 1 aliphatic heterocycles. The summed E-state index contributed by atoms with van der Waals surface area (Å²) in [7, 11) is 1.80. The molecule has 1 fully saturated rings. The summed E-state index contributed by atoms with van der Waals surface area (Å²) in [6, 6.07) is 4.15. The zero-order valence-electron chi connectivity index (χ0n) is 9.45. The second-order valence-corrected chi connectivity index (χ2v) is 5.22. The van der Waals surface area contributed by atoms with E-state index in [1.54, 1.807) is 18.4 Å². The molecule has 0 bridgehead atoms. The molecule has 1 N–H and O–H groups in total. The highest BCUT2D eigenvalue weighted by molar-refractivity contribution is 7.10. The van der Waals surface area contributed by atoms with E-state index in [-0.39, 0.29) is 5.60 Å². The molecule has 2 heterocycles. The van der Waals surface area contributed by atoms with E-state index >= 15 is 0 Å². The van der Waals surface area contributed by atoms with Gasteiger partial charge in [0.15, 0.2) is 0 Å². The summed E-state index contributed by atoms with van der Waals surface area (Å²) in [5, 5.41) is 14.1. The number of methoxy groups -OCH3 is 1. The minimum Gasteiger partial charge on any atom is -0.378 e. The molecule has 0 saturated carbocycles. The van der Waals surface area contributed by atoms with Gasteiger partial charge in [0.1, 0.15) is 6.07 Å². The number of nitriles is 1. The van der Waals surface area contributed by atoms with Crippen LogP contribution < -0.4 is 5.32 Å². The Kier molecular flexibility index (Phi) is 3.59. The van der Waals surface area contributed by atoms with Gasteiger partial charge in [-0.05, 0) is 32.0 Å². The first-order chi connectivity index (χ1) is 7.78. The molecule has 3 nitrogen and oxygen atoms in total. The molecule has 0 spiro atoms. The van der Waals surface area contributed by atoms with Gasteiger partial charge in [-0.15, -0.1) is 11.3 Å². The van der Waals surface area contributed by atoms with E-state index < -0.39 is 0 Å². The normalized spacial score (nSPS) is 19.2. The van der Waals surface area contributed by atoms with Gasteiger partial charge in [-0.3, -0.25) is 0 Å². The number of piperidine rings is 1. The number of hydrogen-bond donors (Lipinski definition) is 1. The van der Waals surface area contributed by atoms with E-state index in [1.807, 2.05) is 11.4 Å². The molecule has 1 aromatic heterocycles. The first kappa shape index (κ1) is 11.6. The Balaban J connectivity index is 2.08. The highest BCUT2D eigenvalue weighted by atomic mass is 32.1. The van der Waals surface area contributed by atoms with Gasteiger partial charge in [0.05, 0.1) is 11.2 Å². The number of hydrogen-bond acceptors (Lipinski definition) is 4. The minimum absolute atomic E-state index is 0.0250. The largest absolute Gasteiger partial charge is 0.378 e. The van der Waals surface area contributed by atoms with Gasteiger partial charge < -0.3 is 10.1 Å². The lowest BCUT2D eigenvalue weighted by Crippen LogP contribution is -2.44. The summed E-state index contributed by atoms with van der Waals surface area (Å²) in [5.74, 6) is 0. The third-order valence-corrected chi connectivity index (χ3v) is 4.16. The number of nitrogens with zero attached hydrogens (tertiary/aromatic N) is 1. The Labute approximate surface area is 100 Å². The second kappa shape index (κ2) is 4.96. The Morgan fingerprint density at radius 2 is 2.31 bits per heavy atom. The summed E-state index contributed by atoms with van der Waals surface area (Å²) < 4.78 is 5.71. The Morgan fingerprint density at radius 1 is 1.56 bits per heavy atom. The van der Waals surface area contributed by atoms with Crippen molar-refractivity contribution in [1.82, 2.24) is 5.32 Å². The lowest BCUT2D eigenvalue weighted by molar-refractivity contribution is -0.0327. The molecule has 4 heteroatoms. The molecule has 0 aromatic carbocycles. The van der Waals surface area contributed by atoms with E-state index in [2.05, 4.69) is 11.4 Å². The quantitative estimate of drug-likeness (QED) is 0.872. The van der Waals surface area contributed by atoms with Crippen molar-refractivity contribution >= 4 is 11.3 Å². The molecular weight excluding hydrogens is 220 g/mol. The van der Waals surface area contributed by atoms with Gasteiger partial charge in [0.25, 0.3) is 0 Å². The average molecular weight is 236 g/mol. The van der Waals surface area contributed by atoms with Crippen molar-refractivity contribution in [3.05, 3.63) is 21.9 Å². The standard InChI is InChI=1S/C12H16N2OS/c1-15-12(2-4-14-5-3-12)7-11-6-10(8-13)9-16-11/h6,9,14H,2-5,7H2,1H3. The fraction of sp³-hybridized carbons (Fsp3) is 0.583. The fourth-order valence-electron chi connectivity index (χ4n) is 2.18. The fourth-order valence-corrected chi connectivity index (χ4v) is 3.13. The van der Waals surface area contributed by atoms with Crippen LogP contribution in [-0.4, -0.2) is 25.8 Å². The summed E-state index contributed by atoms with van der Waals surface area (Å²) in [4.78, 5) is 1.25. The topological polar surface area (TPSA) is 45.0 Å². The number of nitrogens with one attached hydrogen (secondary N) is 1. The van der Waals surface area contributed by atoms with Crippen LogP contribution in [0.25, 0.3) is 0 Å². The zero-order valence-corrected chi connectivity index (χ0v) is 10.3. The lowest BCUT2D eigenvalue weighted by Gasteiger charge is -2.36. The number of ether oxygens (including phenoxy) is 1. The van der Waals surface area contributed by atoms with Crippen LogP contribution in [-0.2, 0) is 11.2 Å². The minimum atomic E-state index is -0.0250. The van der Waals surface area contributed by atoms with Crippen LogP contribution in [0.3, 0.4) is 0 Å². The number of thiophene rings is 1. The molecule has 0 aliphatic carbocycles. The van der Waals surface area contributed by atoms with E-state index in [1.165, 1.54) is 4.88 Å². The van der Waals surface area contributed by atoms with Crippen LogP contribution in [0.4, 0.5) is 0 Å². The SMILES string of the molecule is COC1(Cc2cc(C#N)cs2)CCNCC1. The average Bonchev–Trinajstić information content (AvgIpc) is 2.78. The number of rotatable bonds is 3. The van der Waals surface area contributed by atoms with Crippen LogP contribution in [0.2, 0.25) is 0 Å². The molecule has 1 aromatic rings. The van der Waals surface area contributed by atoms with Crippen molar-refractivity contribution in [2.45, 2.75) is 24.9 Å². The molecule has 0 atom stereocenters. The first-order valence-electron chi connectivity index (χ1n) is 5.51. The smallest absolute Gasteiger partial charge is 0.100 e. The molecule has 0 radical (unpaired) electrons. The molecule has 86 valence electrons. The van der Waals surface area contributed by atoms with Crippen molar-refractivity contribution in [3.8, 4) is 6.07 Å². The maximum absolute atomic E-state index is 8.79. The Hall–Kier alpha value is -0.890. The van der Waals surface area contributed by atoms with E-state index in [0.29, 0.717) is 0 Å². The maximum atomic E-state index is 8.79. The van der Waals surface area contributed by atoms with Gasteiger partial charge in [0, 0.05) is 23.8 Å². The van der Waals surface area contributed by atoms with Crippen molar-refractivity contribution in [2.75, 3.05) is 20.2 Å². The van der Waals surface area contributed by atoms with Gasteiger partial charge in [0.2, 0.25) is 0 Å². The third kappa shape index (κ3) is 2.43. The Morgan fingerprint density at radius 3 is 2.88 bits per heavy atom. The van der Waals surface area contributed by atoms with Crippen LogP contribution in [0.5, 0.6) is 0 Å². The van der Waals surface area contributed by atoms with Gasteiger partial charge >= 0.3 is 0 Å². The lowest BCUT2D eigenvalue weighted by atomic mass is 9.88. The molecule has 0 unspecified atom stereocenters. The van der Waals surface area contributed by atoms with E-state index in [0.717, 1.165) is 37.9 Å². The molecule has 16 heavy (non-hydrogen) atoms. The van der Waals surface area contributed by atoms with Gasteiger partial charge in [-0.25, -0.2) is 0 Å². The molecule has 1 aliphatic rings. The predicted molar refractivity (Wildman–Crippen MR) is 64.6 cm³/mol. The van der Waals surface area contributed by atoms with Gasteiger partial charge in [-0.1, -0.05) is 0 Å². The molecule has 2 rings (SSSR count). The molecular formula is C12H16N2OS. The highest BCUT2D eigenvalue weighted by Gasteiger charge is 2.32. The highest BCUT2D eigenvalue weighted by Crippen LogP contribution is 2.29. The van der Waals surface area contributed by atoms with Crippen LogP contribution in [0, 0.1) is 11.3 Å². The predicted octanol–water partition coefficient (Wildman–Crippen LogP) is 1.93. The van der Waals surface area contributed by atoms with Crippen molar-refractivity contribution in [3.63, 3.8) is 0 Å². The van der Waals surface area contributed by atoms with E-state index in [4.69, 9.17) is 10.00 Å². The van der Waals surface area contributed by atoms with E-state index in [9.17, 15) is 0 Å². The summed E-state index contributed by atoms with van der Waals surface area (Å²) in [5.41, 5.74) is 0.739. The molecule has 0 amide bonds. The summed E-state index contributed by atoms with van der Waals surface area (Å²) in [6.45, 7) is 2.04. The molecule has 1 saturated heterocycles. The van der Waals surface area contributed by atoms with Crippen molar-refractivity contribution in [1.29, 1.82) is 5.26 Å².